The van der Waals surface area contributed by atoms with E-state index in [0.29, 0.717) is 41.0 Å². The van der Waals surface area contributed by atoms with Crippen molar-refractivity contribution in [3.8, 4) is 11.5 Å². The second-order valence-corrected chi connectivity index (χ2v) is 10.1. The average molecular weight is 551 g/mol. The minimum atomic E-state index is -0.547. The van der Waals surface area contributed by atoms with E-state index in [4.69, 9.17) is 21.1 Å². The molecule has 1 heterocycles. The number of carbonyl (C=O) groups excluding carboxylic acids is 3. The lowest BCUT2D eigenvalue weighted by atomic mass is 10.1. The number of nitrogens with zero attached hydrogens (tertiary/aromatic N) is 1. The number of hydrogen-bond acceptors (Lipinski definition) is 6. The second-order valence-electron chi connectivity index (χ2n) is 8.67. The number of benzene rings is 3. The molecule has 3 aromatic carbocycles. The highest BCUT2D eigenvalue weighted by molar-refractivity contribution is 8.18. The minimum absolute atomic E-state index is 0.186. The fraction of sp³-hybridized carbons (Fsp3) is 0.207. The van der Waals surface area contributed by atoms with E-state index in [1.54, 1.807) is 24.3 Å². The highest BCUT2D eigenvalue weighted by Crippen LogP contribution is 2.39. The Morgan fingerprint density at radius 2 is 1.82 bits per heavy atom. The first-order valence-electron chi connectivity index (χ1n) is 12.0. The second kappa shape index (κ2) is 12.2. The zero-order valence-electron chi connectivity index (χ0n) is 21.2. The van der Waals surface area contributed by atoms with Crippen LogP contribution in [0.1, 0.15) is 29.2 Å². The first kappa shape index (κ1) is 27.3. The van der Waals surface area contributed by atoms with Crippen molar-refractivity contribution >= 4 is 52.2 Å². The number of amides is 3. The van der Waals surface area contributed by atoms with Crippen molar-refractivity contribution in [3.63, 3.8) is 0 Å². The van der Waals surface area contributed by atoms with Crippen LogP contribution in [0.2, 0.25) is 5.02 Å². The van der Waals surface area contributed by atoms with E-state index in [-0.39, 0.29) is 11.4 Å². The number of carbonyl (C=O) groups is 3. The lowest BCUT2D eigenvalue weighted by molar-refractivity contribution is -0.127. The number of rotatable bonds is 9. The van der Waals surface area contributed by atoms with Crippen molar-refractivity contribution in [2.24, 2.45) is 0 Å². The standard InChI is InChI=1S/C29H27ClN2O5S/c1-4-36-24-14-21(13-22(30)27(24)37-17-20-8-6-5-7-9-20)15-25-28(34)32(29(35)38-25)16-26(33)31-23-11-10-18(2)12-19(23)3/h5-15H,4,16-17H2,1-3H3,(H,31,33)/b25-15-. The summed E-state index contributed by atoms with van der Waals surface area (Å²) in [4.78, 5) is 39.3. The van der Waals surface area contributed by atoms with Gasteiger partial charge in [0.2, 0.25) is 5.91 Å². The number of aryl methyl sites for hydroxylation is 2. The van der Waals surface area contributed by atoms with Gasteiger partial charge in [0.15, 0.2) is 11.5 Å². The molecule has 4 rings (SSSR count). The Kier molecular flexibility index (Phi) is 8.76. The fourth-order valence-electron chi connectivity index (χ4n) is 3.88. The van der Waals surface area contributed by atoms with Crippen LogP contribution in [0.5, 0.6) is 11.5 Å². The van der Waals surface area contributed by atoms with Gasteiger partial charge in [0.05, 0.1) is 16.5 Å². The van der Waals surface area contributed by atoms with Crippen molar-refractivity contribution in [3.05, 3.63) is 92.8 Å². The van der Waals surface area contributed by atoms with E-state index < -0.39 is 17.1 Å². The Labute approximate surface area is 230 Å². The van der Waals surface area contributed by atoms with E-state index in [0.717, 1.165) is 33.4 Å². The third-order valence-electron chi connectivity index (χ3n) is 5.69. The maximum atomic E-state index is 13.0. The van der Waals surface area contributed by atoms with Gasteiger partial charge in [-0.1, -0.05) is 59.6 Å². The van der Waals surface area contributed by atoms with Crippen LogP contribution in [0.3, 0.4) is 0 Å². The van der Waals surface area contributed by atoms with Gasteiger partial charge in [0.25, 0.3) is 11.1 Å². The molecule has 0 unspecified atom stereocenters. The Hall–Kier alpha value is -3.75. The molecule has 0 saturated carbocycles. The Morgan fingerprint density at radius 1 is 1.05 bits per heavy atom. The molecule has 0 atom stereocenters. The number of hydrogen-bond donors (Lipinski definition) is 1. The molecule has 38 heavy (non-hydrogen) atoms. The van der Waals surface area contributed by atoms with Crippen molar-refractivity contribution in [1.29, 1.82) is 0 Å². The number of anilines is 1. The van der Waals surface area contributed by atoms with Crippen molar-refractivity contribution in [1.82, 2.24) is 4.90 Å². The minimum Gasteiger partial charge on any atom is -0.490 e. The zero-order valence-corrected chi connectivity index (χ0v) is 22.8. The van der Waals surface area contributed by atoms with E-state index in [2.05, 4.69) is 5.32 Å². The van der Waals surface area contributed by atoms with Crippen LogP contribution in [0.15, 0.2) is 65.6 Å². The molecule has 0 spiro atoms. The lowest BCUT2D eigenvalue weighted by Gasteiger charge is -2.15. The average Bonchev–Trinajstić information content (AvgIpc) is 3.13. The first-order chi connectivity index (χ1) is 18.2. The van der Waals surface area contributed by atoms with Crippen LogP contribution < -0.4 is 14.8 Å². The predicted molar refractivity (Wildman–Crippen MR) is 151 cm³/mol. The van der Waals surface area contributed by atoms with E-state index in [9.17, 15) is 14.4 Å². The van der Waals surface area contributed by atoms with Crippen LogP contribution in [0.4, 0.5) is 10.5 Å². The van der Waals surface area contributed by atoms with E-state index in [1.807, 2.05) is 63.2 Å². The molecule has 1 aliphatic rings. The molecular weight excluding hydrogens is 524 g/mol. The third kappa shape index (κ3) is 6.57. The summed E-state index contributed by atoms with van der Waals surface area (Å²) in [5.41, 5.74) is 4.14. The van der Waals surface area contributed by atoms with Gasteiger partial charge in [-0.25, -0.2) is 0 Å². The monoisotopic (exact) mass is 550 g/mol. The van der Waals surface area contributed by atoms with Crippen LogP contribution in [0, 0.1) is 13.8 Å². The molecule has 0 bridgehead atoms. The fourth-order valence-corrected chi connectivity index (χ4v) is 4.99. The SMILES string of the molecule is CCOc1cc(/C=C2\SC(=O)N(CC(=O)Nc3ccc(C)cc3C)C2=O)cc(Cl)c1OCc1ccccc1. The van der Waals surface area contributed by atoms with Gasteiger partial charge >= 0.3 is 0 Å². The van der Waals surface area contributed by atoms with E-state index >= 15 is 0 Å². The number of ether oxygens (including phenoxy) is 2. The normalized spacial score (nSPS) is 14.2. The predicted octanol–water partition coefficient (Wildman–Crippen LogP) is 6.61. The molecule has 1 aliphatic heterocycles. The molecule has 7 nitrogen and oxygen atoms in total. The molecule has 9 heteroatoms. The van der Waals surface area contributed by atoms with Gasteiger partial charge in [-0.05, 0) is 73.5 Å². The summed E-state index contributed by atoms with van der Waals surface area (Å²) in [5.74, 6) is -0.184. The summed E-state index contributed by atoms with van der Waals surface area (Å²) in [6.07, 6.45) is 1.56. The van der Waals surface area contributed by atoms with Gasteiger partial charge in [-0.15, -0.1) is 0 Å². The van der Waals surface area contributed by atoms with Gasteiger partial charge in [-0.3, -0.25) is 19.3 Å². The molecule has 0 aromatic heterocycles. The van der Waals surface area contributed by atoms with Gasteiger partial charge in [-0.2, -0.15) is 0 Å². The molecule has 1 saturated heterocycles. The van der Waals surface area contributed by atoms with Gasteiger partial charge in [0.1, 0.15) is 13.2 Å². The summed E-state index contributed by atoms with van der Waals surface area (Å²) in [7, 11) is 0. The van der Waals surface area contributed by atoms with E-state index in [1.165, 1.54) is 0 Å². The molecule has 0 radical (unpaired) electrons. The number of halogens is 1. The largest absolute Gasteiger partial charge is 0.490 e. The molecule has 1 N–H and O–H groups in total. The highest BCUT2D eigenvalue weighted by atomic mass is 35.5. The maximum Gasteiger partial charge on any atom is 0.294 e. The van der Waals surface area contributed by atoms with Crippen LogP contribution in [-0.2, 0) is 16.2 Å². The van der Waals surface area contributed by atoms with Crippen LogP contribution >= 0.6 is 23.4 Å². The van der Waals surface area contributed by atoms with Crippen LogP contribution in [-0.4, -0.2) is 35.1 Å². The molecule has 196 valence electrons. The van der Waals surface area contributed by atoms with Gasteiger partial charge in [0, 0.05) is 5.69 Å². The van der Waals surface area contributed by atoms with Crippen molar-refractivity contribution < 1.29 is 23.9 Å². The number of nitrogens with one attached hydrogen (secondary N) is 1. The van der Waals surface area contributed by atoms with Crippen molar-refractivity contribution in [2.75, 3.05) is 18.5 Å². The van der Waals surface area contributed by atoms with Crippen molar-refractivity contribution in [2.45, 2.75) is 27.4 Å². The molecule has 0 aliphatic carbocycles. The highest BCUT2D eigenvalue weighted by Gasteiger charge is 2.36. The summed E-state index contributed by atoms with van der Waals surface area (Å²) in [5, 5.41) is 2.56. The summed E-state index contributed by atoms with van der Waals surface area (Å²) in [6, 6.07) is 18.6. The maximum absolute atomic E-state index is 13.0. The zero-order chi connectivity index (χ0) is 27.2. The van der Waals surface area contributed by atoms with Gasteiger partial charge < -0.3 is 14.8 Å². The smallest absolute Gasteiger partial charge is 0.294 e. The molecule has 1 fully saturated rings. The summed E-state index contributed by atoms with van der Waals surface area (Å²) < 4.78 is 11.7. The third-order valence-corrected chi connectivity index (χ3v) is 6.87. The molecule has 3 aromatic rings. The number of thioether (sulfide) groups is 1. The Balaban J connectivity index is 1.49. The molecular formula is C29H27ClN2O5S. The number of imide groups is 1. The summed E-state index contributed by atoms with van der Waals surface area (Å²) in [6.45, 7) is 5.99. The first-order valence-corrected chi connectivity index (χ1v) is 13.2. The topological polar surface area (TPSA) is 84.9 Å². The Bertz CT molecular complexity index is 1410. The molecule has 3 amide bonds. The summed E-state index contributed by atoms with van der Waals surface area (Å²) >= 11 is 7.30. The lowest BCUT2D eigenvalue weighted by Crippen LogP contribution is -2.36. The quantitative estimate of drug-likeness (QED) is 0.302. The van der Waals surface area contributed by atoms with Crippen LogP contribution in [0.25, 0.3) is 6.08 Å². The Morgan fingerprint density at radius 3 is 2.53 bits per heavy atom.